The molecule has 0 saturated carbocycles. The number of benzene rings is 1. The van der Waals surface area contributed by atoms with Crippen molar-refractivity contribution in [3.05, 3.63) is 23.8 Å². The molecule has 0 heterocycles. The average molecular weight is 149 g/mol. The summed E-state index contributed by atoms with van der Waals surface area (Å²) < 4.78 is 5.03. The van der Waals surface area contributed by atoms with Crippen molar-refractivity contribution >= 4 is 12.4 Å². The number of methoxy groups -OCH3 is 1. The first-order chi connectivity index (χ1) is 5.27. The smallest absolute Gasteiger partial charge is 0.119 e. The van der Waals surface area contributed by atoms with Gasteiger partial charge in [0.05, 0.1) is 12.8 Å². The maximum Gasteiger partial charge on any atom is 0.119 e. The number of nitrogens with zero attached hydrogens (tertiary/aromatic N) is 1. The zero-order valence-electron chi connectivity index (χ0n) is 6.79. The summed E-state index contributed by atoms with van der Waals surface area (Å²) in [6.07, 6.45) is 0. The highest BCUT2D eigenvalue weighted by atomic mass is 16.5. The quantitative estimate of drug-likeness (QED) is 0.591. The molecular weight excluding hydrogens is 138 g/mol. The van der Waals surface area contributed by atoms with Crippen LogP contribution in [0.2, 0.25) is 0 Å². The van der Waals surface area contributed by atoms with Gasteiger partial charge in [0.25, 0.3) is 0 Å². The molecule has 1 aromatic carbocycles. The topological polar surface area (TPSA) is 21.6 Å². The Kier molecular flexibility index (Phi) is 2.26. The predicted molar refractivity (Wildman–Crippen MR) is 46.9 cm³/mol. The van der Waals surface area contributed by atoms with E-state index in [1.165, 1.54) is 0 Å². The molecule has 1 aromatic rings. The van der Waals surface area contributed by atoms with Gasteiger partial charge in [0.15, 0.2) is 0 Å². The normalized spacial score (nSPS) is 9.27. The zero-order chi connectivity index (χ0) is 8.27. The Bertz CT molecular complexity index is 268. The second-order valence-corrected chi connectivity index (χ2v) is 2.31. The SMILES string of the molecule is C=Nc1ccc(OC)cc1C. The first-order valence-electron chi connectivity index (χ1n) is 3.39. The molecule has 0 aliphatic heterocycles. The van der Waals surface area contributed by atoms with Crippen LogP contribution in [0.4, 0.5) is 5.69 Å². The summed E-state index contributed by atoms with van der Waals surface area (Å²) in [5, 5.41) is 0. The van der Waals surface area contributed by atoms with Crippen molar-refractivity contribution in [2.24, 2.45) is 4.99 Å². The van der Waals surface area contributed by atoms with E-state index in [4.69, 9.17) is 4.74 Å². The van der Waals surface area contributed by atoms with Gasteiger partial charge >= 0.3 is 0 Å². The van der Waals surface area contributed by atoms with Crippen LogP contribution in [-0.4, -0.2) is 13.8 Å². The molecule has 0 fully saturated rings. The number of ether oxygens (including phenoxy) is 1. The van der Waals surface area contributed by atoms with Gasteiger partial charge in [-0.25, -0.2) is 0 Å². The van der Waals surface area contributed by atoms with E-state index in [0.29, 0.717) is 0 Å². The monoisotopic (exact) mass is 149 g/mol. The molecule has 0 spiro atoms. The Hall–Kier alpha value is -1.31. The largest absolute Gasteiger partial charge is 0.497 e. The van der Waals surface area contributed by atoms with Crippen LogP contribution in [0, 0.1) is 6.92 Å². The molecule has 0 unspecified atom stereocenters. The Balaban J connectivity index is 3.09. The third kappa shape index (κ3) is 1.58. The maximum absolute atomic E-state index is 5.03. The Morgan fingerprint density at radius 3 is 2.64 bits per heavy atom. The highest BCUT2D eigenvalue weighted by molar-refractivity contribution is 5.53. The van der Waals surface area contributed by atoms with Crippen LogP contribution >= 0.6 is 0 Å². The van der Waals surface area contributed by atoms with E-state index >= 15 is 0 Å². The van der Waals surface area contributed by atoms with Gasteiger partial charge in [0.2, 0.25) is 0 Å². The number of aryl methyl sites for hydroxylation is 1. The third-order valence-corrected chi connectivity index (χ3v) is 1.57. The van der Waals surface area contributed by atoms with Crippen molar-refractivity contribution < 1.29 is 4.74 Å². The van der Waals surface area contributed by atoms with Crippen LogP contribution in [0.15, 0.2) is 23.2 Å². The third-order valence-electron chi connectivity index (χ3n) is 1.57. The molecule has 2 nitrogen and oxygen atoms in total. The van der Waals surface area contributed by atoms with Crippen LogP contribution < -0.4 is 4.74 Å². The van der Waals surface area contributed by atoms with Gasteiger partial charge < -0.3 is 4.74 Å². The standard InChI is InChI=1S/C9H11NO/c1-7-6-8(11-3)4-5-9(7)10-2/h4-6H,2H2,1,3H3. The van der Waals surface area contributed by atoms with Gasteiger partial charge in [-0.2, -0.15) is 0 Å². The van der Waals surface area contributed by atoms with Crippen molar-refractivity contribution in [2.75, 3.05) is 7.11 Å². The minimum Gasteiger partial charge on any atom is -0.497 e. The molecule has 11 heavy (non-hydrogen) atoms. The molecule has 58 valence electrons. The van der Waals surface area contributed by atoms with Gasteiger partial charge in [0.1, 0.15) is 5.75 Å². The summed E-state index contributed by atoms with van der Waals surface area (Å²) in [6.45, 7) is 5.44. The molecule has 0 amide bonds. The summed E-state index contributed by atoms with van der Waals surface area (Å²) in [7, 11) is 1.65. The van der Waals surface area contributed by atoms with Crippen molar-refractivity contribution in [3.8, 4) is 5.75 Å². The molecule has 0 saturated heterocycles. The van der Waals surface area contributed by atoms with Crippen molar-refractivity contribution in [2.45, 2.75) is 6.92 Å². The van der Waals surface area contributed by atoms with E-state index in [2.05, 4.69) is 11.7 Å². The average Bonchev–Trinajstić information content (AvgIpc) is 2.04. The van der Waals surface area contributed by atoms with E-state index < -0.39 is 0 Å². The molecule has 0 aromatic heterocycles. The summed E-state index contributed by atoms with van der Waals surface area (Å²) in [6, 6.07) is 5.70. The number of hydrogen-bond acceptors (Lipinski definition) is 2. The summed E-state index contributed by atoms with van der Waals surface area (Å²) >= 11 is 0. The van der Waals surface area contributed by atoms with E-state index in [1.807, 2.05) is 25.1 Å². The first kappa shape index (κ1) is 7.79. The second-order valence-electron chi connectivity index (χ2n) is 2.31. The van der Waals surface area contributed by atoms with Crippen LogP contribution in [0.1, 0.15) is 5.56 Å². The molecule has 0 aliphatic carbocycles. The van der Waals surface area contributed by atoms with Crippen molar-refractivity contribution in [1.82, 2.24) is 0 Å². The fraction of sp³-hybridized carbons (Fsp3) is 0.222. The Morgan fingerprint density at radius 1 is 1.45 bits per heavy atom. The lowest BCUT2D eigenvalue weighted by Crippen LogP contribution is -1.82. The molecule has 0 radical (unpaired) electrons. The van der Waals surface area contributed by atoms with E-state index in [-0.39, 0.29) is 0 Å². The summed E-state index contributed by atoms with van der Waals surface area (Å²) in [5.41, 5.74) is 1.99. The molecule has 0 aliphatic rings. The van der Waals surface area contributed by atoms with E-state index in [9.17, 15) is 0 Å². The van der Waals surface area contributed by atoms with Crippen molar-refractivity contribution in [1.29, 1.82) is 0 Å². The van der Waals surface area contributed by atoms with E-state index in [0.717, 1.165) is 17.0 Å². The van der Waals surface area contributed by atoms with Gasteiger partial charge in [0, 0.05) is 0 Å². The lowest BCUT2D eigenvalue weighted by Gasteiger charge is -2.02. The molecule has 0 atom stereocenters. The first-order valence-corrected chi connectivity index (χ1v) is 3.39. The van der Waals surface area contributed by atoms with Gasteiger partial charge in [-0.1, -0.05) is 0 Å². The molecule has 2 heteroatoms. The molecule has 1 rings (SSSR count). The van der Waals surface area contributed by atoms with Crippen LogP contribution in [-0.2, 0) is 0 Å². The number of rotatable bonds is 2. The highest BCUT2D eigenvalue weighted by Crippen LogP contribution is 2.22. The maximum atomic E-state index is 5.03. The van der Waals surface area contributed by atoms with Crippen LogP contribution in [0.25, 0.3) is 0 Å². The van der Waals surface area contributed by atoms with Gasteiger partial charge in [-0.3, -0.25) is 4.99 Å². The van der Waals surface area contributed by atoms with E-state index in [1.54, 1.807) is 7.11 Å². The second kappa shape index (κ2) is 3.19. The molecule has 0 bridgehead atoms. The zero-order valence-corrected chi connectivity index (χ0v) is 6.79. The van der Waals surface area contributed by atoms with Gasteiger partial charge in [-0.05, 0) is 37.4 Å². The minimum absolute atomic E-state index is 0.856. The van der Waals surface area contributed by atoms with Crippen molar-refractivity contribution in [3.63, 3.8) is 0 Å². The lowest BCUT2D eigenvalue weighted by atomic mass is 10.2. The van der Waals surface area contributed by atoms with Crippen LogP contribution in [0.5, 0.6) is 5.75 Å². The van der Waals surface area contributed by atoms with Gasteiger partial charge in [-0.15, -0.1) is 0 Å². The molecule has 0 N–H and O–H groups in total. The highest BCUT2D eigenvalue weighted by Gasteiger charge is 1.96. The summed E-state index contributed by atoms with van der Waals surface area (Å²) in [5.74, 6) is 0.856. The number of hydrogen-bond donors (Lipinski definition) is 0. The predicted octanol–water partition coefficient (Wildman–Crippen LogP) is 2.34. The number of aliphatic imine (C=N–C) groups is 1. The molecular formula is C9H11NO. The summed E-state index contributed by atoms with van der Waals surface area (Å²) in [4.78, 5) is 3.84. The lowest BCUT2D eigenvalue weighted by molar-refractivity contribution is 0.414. The van der Waals surface area contributed by atoms with Crippen LogP contribution in [0.3, 0.4) is 0 Å². The fourth-order valence-electron chi connectivity index (χ4n) is 0.932. The Morgan fingerprint density at radius 2 is 2.18 bits per heavy atom. The minimum atomic E-state index is 0.856. The Labute approximate surface area is 66.5 Å². The fourth-order valence-corrected chi connectivity index (χ4v) is 0.932.